The highest BCUT2D eigenvalue weighted by Crippen LogP contribution is 2.17. The Morgan fingerprint density at radius 2 is 1.84 bits per heavy atom. The van der Waals surface area contributed by atoms with E-state index in [-0.39, 0.29) is 17.3 Å². The Hall–Kier alpha value is -2.22. The molecule has 25 heavy (non-hydrogen) atoms. The van der Waals surface area contributed by atoms with Crippen molar-refractivity contribution in [1.82, 2.24) is 14.9 Å². The molecular formula is C18H21N3O3S. The van der Waals surface area contributed by atoms with E-state index in [9.17, 15) is 13.2 Å². The minimum atomic E-state index is -3.66. The lowest BCUT2D eigenvalue weighted by molar-refractivity contribution is -0.121. The number of carbonyl (C=O) groups excluding carboxylic acids is 1. The standard InChI is InChI=1S/C18H21N3O3S/c1-21(25(23,24)17-5-3-2-4-6-17)13-18(22)20-10-14-7-8-15-11-19-12-16(15)9-14/h2-9,19H,10-13H2,1H3,(H,20,22). The molecule has 1 aliphatic heterocycles. The number of fused-ring (bicyclic) bond motifs is 1. The summed E-state index contributed by atoms with van der Waals surface area (Å²) in [5.41, 5.74) is 3.53. The van der Waals surface area contributed by atoms with Crippen LogP contribution in [0, 0.1) is 0 Å². The zero-order valence-corrected chi connectivity index (χ0v) is 14.8. The van der Waals surface area contributed by atoms with Crippen molar-refractivity contribution in [1.29, 1.82) is 0 Å². The molecule has 0 radical (unpaired) electrons. The SMILES string of the molecule is CN(CC(=O)NCc1ccc2c(c1)CNC2)S(=O)(=O)c1ccccc1. The van der Waals surface area contributed by atoms with Crippen molar-refractivity contribution in [2.24, 2.45) is 0 Å². The van der Waals surface area contributed by atoms with Gasteiger partial charge >= 0.3 is 0 Å². The van der Waals surface area contributed by atoms with Gasteiger partial charge in [-0.3, -0.25) is 4.79 Å². The Morgan fingerprint density at radius 1 is 1.12 bits per heavy atom. The van der Waals surface area contributed by atoms with Crippen molar-refractivity contribution in [3.63, 3.8) is 0 Å². The van der Waals surface area contributed by atoms with Crippen molar-refractivity contribution in [2.75, 3.05) is 13.6 Å². The van der Waals surface area contributed by atoms with Gasteiger partial charge in [0.1, 0.15) is 0 Å². The predicted octanol–water partition coefficient (Wildman–Crippen LogP) is 1.23. The lowest BCUT2D eigenvalue weighted by Crippen LogP contribution is -2.38. The first-order valence-corrected chi connectivity index (χ1v) is 9.50. The molecule has 0 bridgehead atoms. The molecule has 0 saturated carbocycles. The van der Waals surface area contributed by atoms with Gasteiger partial charge in [0.05, 0.1) is 11.4 Å². The molecule has 2 N–H and O–H groups in total. The number of hydrogen-bond donors (Lipinski definition) is 2. The van der Waals surface area contributed by atoms with Crippen molar-refractivity contribution in [3.05, 3.63) is 65.2 Å². The highest BCUT2D eigenvalue weighted by atomic mass is 32.2. The fraction of sp³-hybridized carbons (Fsp3) is 0.278. The van der Waals surface area contributed by atoms with Crippen LogP contribution in [-0.2, 0) is 34.5 Å². The normalized spacial score (nSPS) is 13.7. The Morgan fingerprint density at radius 3 is 2.60 bits per heavy atom. The molecule has 0 spiro atoms. The summed E-state index contributed by atoms with van der Waals surface area (Å²) < 4.78 is 25.9. The molecular weight excluding hydrogens is 338 g/mol. The Bertz CT molecular complexity index is 866. The van der Waals surface area contributed by atoms with Crippen LogP contribution in [0.3, 0.4) is 0 Å². The highest BCUT2D eigenvalue weighted by molar-refractivity contribution is 7.89. The molecule has 132 valence electrons. The maximum absolute atomic E-state index is 12.4. The lowest BCUT2D eigenvalue weighted by atomic mass is 10.1. The summed E-state index contributed by atoms with van der Waals surface area (Å²) in [5, 5.41) is 6.06. The number of sulfonamides is 1. The maximum atomic E-state index is 12.4. The summed E-state index contributed by atoms with van der Waals surface area (Å²) in [7, 11) is -2.26. The number of nitrogens with zero attached hydrogens (tertiary/aromatic N) is 1. The molecule has 0 fully saturated rings. The Balaban J connectivity index is 1.57. The molecule has 6 nitrogen and oxygen atoms in total. The monoisotopic (exact) mass is 359 g/mol. The fourth-order valence-electron chi connectivity index (χ4n) is 2.77. The first kappa shape index (κ1) is 17.6. The van der Waals surface area contributed by atoms with E-state index >= 15 is 0 Å². The van der Waals surface area contributed by atoms with E-state index in [0.717, 1.165) is 23.0 Å². The number of likely N-dealkylation sites (N-methyl/N-ethyl adjacent to an activating group) is 1. The second-order valence-corrected chi connectivity index (χ2v) is 8.10. The van der Waals surface area contributed by atoms with Gasteiger partial charge in [0.15, 0.2) is 0 Å². The zero-order chi connectivity index (χ0) is 17.9. The van der Waals surface area contributed by atoms with Gasteiger partial charge in [-0.15, -0.1) is 0 Å². The summed E-state index contributed by atoms with van der Waals surface area (Å²) >= 11 is 0. The summed E-state index contributed by atoms with van der Waals surface area (Å²) in [6.07, 6.45) is 0. The minimum Gasteiger partial charge on any atom is -0.351 e. The van der Waals surface area contributed by atoms with E-state index < -0.39 is 10.0 Å². The molecule has 0 aliphatic carbocycles. The van der Waals surface area contributed by atoms with Crippen LogP contribution in [-0.4, -0.2) is 32.2 Å². The van der Waals surface area contributed by atoms with E-state index in [1.165, 1.54) is 30.3 Å². The third-order valence-corrected chi connectivity index (χ3v) is 6.03. The van der Waals surface area contributed by atoms with Crippen LogP contribution >= 0.6 is 0 Å². The minimum absolute atomic E-state index is 0.177. The molecule has 1 aliphatic rings. The van der Waals surface area contributed by atoms with E-state index in [1.807, 2.05) is 6.07 Å². The smallest absolute Gasteiger partial charge is 0.243 e. The first-order chi connectivity index (χ1) is 12.0. The number of benzene rings is 2. The maximum Gasteiger partial charge on any atom is 0.243 e. The molecule has 1 amide bonds. The quantitative estimate of drug-likeness (QED) is 0.813. The third kappa shape index (κ3) is 4.07. The van der Waals surface area contributed by atoms with Gasteiger partial charge in [0, 0.05) is 26.7 Å². The molecule has 2 aromatic rings. The average molecular weight is 359 g/mol. The van der Waals surface area contributed by atoms with Crippen LogP contribution < -0.4 is 10.6 Å². The van der Waals surface area contributed by atoms with Gasteiger partial charge in [-0.05, 0) is 28.8 Å². The largest absolute Gasteiger partial charge is 0.351 e. The summed E-state index contributed by atoms with van der Waals surface area (Å²) in [4.78, 5) is 12.3. The summed E-state index contributed by atoms with van der Waals surface area (Å²) in [6.45, 7) is 1.88. The van der Waals surface area contributed by atoms with Gasteiger partial charge in [-0.25, -0.2) is 8.42 Å². The topological polar surface area (TPSA) is 78.5 Å². The van der Waals surface area contributed by atoms with Crippen LogP contribution in [0.4, 0.5) is 0 Å². The van der Waals surface area contributed by atoms with E-state index in [1.54, 1.807) is 18.2 Å². The van der Waals surface area contributed by atoms with Gasteiger partial charge in [-0.1, -0.05) is 36.4 Å². The number of carbonyl (C=O) groups is 1. The van der Waals surface area contributed by atoms with Crippen LogP contribution in [0.15, 0.2) is 53.4 Å². The van der Waals surface area contributed by atoms with Gasteiger partial charge in [0.2, 0.25) is 15.9 Å². The molecule has 0 unspecified atom stereocenters. The average Bonchev–Trinajstić information content (AvgIpc) is 3.08. The molecule has 1 heterocycles. The number of nitrogens with one attached hydrogen (secondary N) is 2. The molecule has 0 atom stereocenters. The third-order valence-electron chi connectivity index (χ3n) is 4.21. The lowest BCUT2D eigenvalue weighted by Gasteiger charge is -2.17. The second kappa shape index (κ2) is 7.35. The van der Waals surface area contributed by atoms with Crippen molar-refractivity contribution < 1.29 is 13.2 Å². The number of amides is 1. The highest BCUT2D eigenvalue weighted by Gasteiger charge is 2.22. The van der Waals surface area contributed by atoms with E-state index in [2.05, 4.69) is 22.8 Å². The van der Waals surface area contributed by atoms with Crippen LogP contribution in [0.5, 0.6) is 0 Å². The predicted molar refractivity (Wildman–Crippen MR) is 95.1 cm³/mol. The molecule has 0 aromatic heterocycles. The molecule has 2 aromatic carbocycles. The molecule has 3 rings (SSSR count). The van der Waals surface area contributed by atoms with E-state index in [4.69, 9.17) is 0 Å². The second-order valence-electron chi connectivity index (χ2n) is 6.06. The van der Waals surface area contributed by atoms with Crippen molar-refractivity contribution in [2.45, 2.75) is 24.5 Å². The van der Waals surface area contributed by atoms with Crippen LogP contribution in [0.25, 0.3) is 0 Å². The zero-order valence-electron chi connectivity index (χ0n) is 14.0. The summed E-state index contributed by atoms with van der Waals surface area (Å²) in [6, 6.07) is 14.2. The Kier molecular flexibility index (Phi) is 5.17. The van der Waals surface area contributed by atoms with Crippen molar-refractivity contribution >= 4 is 15.9 Å². The first-order valence-electron chi connectivity index (χ1n) is 8.06. The number of hydrogen-bond acceptors (Lipinski definition) is 4. The van der Waals surface area contributed by atoms with Gasteiger partial charge in [-0.2, -0.15) is 4.31 Å². The number of rotatable bonds is 6. The Labute approximate surface area is 147 Å². The molecule has 0 saturated heterocycles. The van der Waals surface area contributed by atoms with Crippen molar-refractivity contribution in [3.8, 4) is 0 Å². The van der Waals surface area contributed by atoms with Gasteiger partial charge < -0.3 is 10.6 Å². The van der Waals surface area contributed by atoms with Crippen LogP contribution in [0.2, 0.25) is 0 Å². The van der Waals surface area contributed by atoms with E-state index in [0.29, 0.717) is 6.54 Å². The van der Waals surface area contributed by atoms with Crippen LogP contribution in [0.1, 0.15) is 16.7 Å². The fourth-order valence-corrected chi connectivity index (χ4v) is 3.92. The molecule has 7 heteroatoms. The van der Waals surface area contributed by atoms with Gasteiger partial charge in [0.25, 0.3) is 0 Å². The summed E-state index contributed by atoms with van der Waals surface area (Å²) in [5.74, 6) is -0.333.